The summed E-state index contributed by atoms with van der Waals surface area (Å²) in [6.45, 7) is 6.08. The number of ketones is 1. The molecule has 0 unspecified atom stereocenters. The number of hydrogen-bond acceptors (Lipinski definition) is 2. The number of benzene rings is 1. The highest BCUT2D eigenvalue weighted by molar-refractivity contribution is 5.99. The second kappa shape index (κ2) is 4.74. The smallest absolute Gasteiger partial charge is 0.201 e. The first-order valence-corrected chi connectivity index (χ1v) is 6.20. The Balaban J connectivity index is 2.43. The zero-order chi connectivity index (χ0) is 12.4. The van der Waals surface area contributed by atoms with Gasteiger partial charge in [0.1, 0.15) is 5.58 Å². The van der Waals surface area contributed by atoms with E-state index >= 15 is 0 Å². The predicted octanol–water partition coefficient (Wildman–Crippen LogP) is 4.36. The van der Waals surface area contributed by atoms with Gasteiger partial charge in [-0.3, -0.25) is 4.79 Å². The van der Waals surface area contributed by atoms with Gasteiger partial charge in [-0.15, -0.1) is 0 Å². The molecule has 0 N–H and O–H groups in total. The van der Waals surface area contributed by atoms with Gasteiger partial charge in [0.05, 0.1) is 0 Å². The molecular formula is C15H18O2. The van der Waals surface area contributed by atoms with Crippen LogP contribution in [0.25, 0.3) is 11.0 Å². The summed E-state index contributed by atoms with van der Waals surface area (Å²) in [7, 11) is 0. The van der Waals surface area contributed by atoms with Gasteiger partial charge >= 0.3 is 0 Å². The minimum absolute atomic E-state index is 0.0795. The van der Waals surface area contributed by atoms with E-state index in [0.717, 1.165) is 29.4 Å². The summed E-state index contributed by atoms with van der Waals surface area (Å²) in [4.78, 5) is 12.2. The number of furan rings is 1. The molecule has 1 aromatic heterocycles. The average molecular weight is 230 g/mol. The maximum Gasteiger partial charge on any atom is 0.201 e. The highest BCUT2D eigenvalue weighted by Gasteiger charge is 2.20. The standard InChI is InChI=1S/C15H18O2/c1-4-11(5-2)14(16)13-9-12-8-6-7-10(3)15(12)17-13/h6-9,11H,4-5H2,1-3H3. The summed E-state index contributed by atoms with van der Waals surface area (Å²) in [6, 6.07) is 7.83. The number of hydrogen-bond donors (Lipinski definition) is 0. The fourth-order valence-corrected chi connectivity index (χ4v) is 2.19. The molecule has 2 rings (SSSR count). The Morgan fingerprint density at radius 1 is 1.29 bits per heavy atom. The van der Waals surface area contributed by atoms with Crippen molar-refractivity contribution in [1.29, 1.82) is 0 Å². The Bertz CT molecular complexity index is 533. The van der Waals surface area contributed by atoms with E-state index in [1.807, 2.05) is 45.0 Å². The number of carbonyl (C=O) groups excluding carboxylic acids is 1. The van der Waals surface area contributed by atoms with Gasteiger partial charge in [-0.05, 0) is 31.4 Å². The van der Waals surface area contributed by atoms with Crippen molar-refractivity contribution in [2.45, 2.75) is 33.6 Å². The molecule has 2 aromatic rings. The quantitative estimate of drug-likeness (QED) is 0.730. The van der Waals surface area contributed by atoms with Crippen LogP contribution in [0.5, 0.6) is 0 Å². The number of rotatable bonds is 4. The van der Waals surface area contributed by atoms with Crippen LogP contribution in [0.4, 0.5) is 0 Å². The maximum atomic E-state index is 12.2. The number of para-hydroxylation sites is 1. The van der Waals surface area contributed by atoms with Gasteiger partial charge in [0.15, 0.2) is 5.76 Å². The second-order valence-corrected chi connectivity index (χ2v) is 4.48. The van der Waals surface area contributed by atoms with Crippen LogP contribution in [0.15, 0.2) is 28.7 Å². The highest BCUT2D eigenvalue weighted by atomic mass is 16.3. The first kappa shape index (κ1) is 11.9. The van der Waals surface area contributed by atoms with E-state index in [9.17, 15) is 4.79 Å². The number of aryl methyl sites for hydroxylation is 1. The van der Waals surface area contributed by atoms with E-state index in [-0.39, 0.29) is 11.7 Å². The summed E-state index contributed by atoms with van der Waals surface area (Å²) >= 11 is 0. The monoisotopic (exact) mass is 230 g/mol. The lowest BCUT2D eigenvalue weighted by Crippen LogP contribution is -2.11. The Morgan fingerprint density at radius 2 is 2.00 bits per heavy atom. The second-order valence-electron chi connectivity index (χ2n) is 4.48. The normalized spacial score (nSPS) is 11.3. The molecule has 1 heterocycles. The minimum atomic E-state index is 0.0795. The van der Waals surface area contributed by atoms with Crippen molar-refractivity contribution in [3.05, 3.63) is 35.6 Å². The fraction of sp³-hybridized carbons (Fsp3) is 0.400. The van der Waals surface area contributed by atoms with Crippen molar-refractivity contribution < 1.29 is 9.21 Å². The molecule has 0 aliphatic heterocycles. The molecule has 0 aliphatic carbocycles. The van der Waals surface area contributed by atoms with Gasteiger partial charge in [0.2, 0.25) is 5.78 Å². The molecule has 0 fully saturated rings. The molecule has 90 valence electrons. The number of fused-ring (bicyclic) bond motifs is 1. The first-order valence-electron chi connectivity index (χ1n) is 6.20. The lowest BCUT2D eigenvalue weighted by molar-refractivity contribution is 0.0887. The SMILES string of the molecule is CCC(CC)C(=O)c1cc2cccc(C)c2o1. The zero-order valence-corrected chi connectivity index (χ0v) is 10.6. The predicted molar refractivity (Wildman–Crippen MR) is 69.4 cm³/mol. The molecule has 1 aromatic carbocycles. The first-order chi connectivity index (χ1) is 8.17. The van der Waals surface area contributed by atoms with E-state index < -0.39 is 0 Å². The van der Waals surface area contributed by atoms with E-state index in [4.69, 9.17) is 4.42 Å². The lowest BCUT2D eigenvalue weighted by Gasteiger charge is -2.07. The van der Waals surface area contributed by atoms with Crippen molar-refractivity contribution in [2.24, 2.45) is 5.92 Å². The van der Waals surface area contributed by atoms with E-state index in [1.165, 1.54) is 0 Å². The molecule has 17 heavy (non-hydrogen) atoms. The molecular weight excluding hydrogens is 212 g/mol. The Morgan fingerprint density at radius 3 is 2.59 bits per heavy atom. The van der Waals surface area contributed by atoms with Crippen LogP contribution in [-0.4, -0.2) is 5.78 Å². The van der Waals surface area contributed by atoms with Crippen molar-refractivity contribution in [3.63, 3.8) is 0 Å². The number of Topliss-reactive ketones (excluding diaryl/α,β-unsaturated/α-hetero) is 1. The average Bonchev–Trinajstić information content (AvgIpc) is 2.76. The van der Waals surface area contributed by atoms with Crippen LogP contribution in [0.1, 0.15) is 42.8 Å². The van der Waals surface area contributed by atoms with Crippen LogP contribution in [0.3, 0.4) is 0 Å². The molecule has 2 heteroatoms. The molecule has 0 saturated heterocycles. The molecule has 0 aliphatic rings. The van der Waals surface area contributed by atoms with Gasteiger partial charge in [-0.1, -0.05) is 32.0 Å². The van der Waals surface area contributed by atoms with E-state index in [1.54, 1.807) is 0 Å². The maximum absolute atomic E-state index is 12.2. The molecule has 0 radical (unpaired) electrons. The third-order valence-corrected chi connectivity index (χ3v) is 3.34. The summed E-state index contributed by atoms with van der Waals surface area (Å²) in [5.41, 5.74) is 1.91. The van der Waals surface area contributed by atoms with Crippen LogP contribution >= 0.6 is 0 Å². The molecule has 0 saturated carbocycles. The van der Waals surface area contributed by atoms with Gasteiger partial charge < -0.3 is 4.42 Å². The van der Waals surface area contributed by atoms with Crippen molar-refractivity contribution >= 4 is 16.8 Å². The lowest BCUT2D eigenvalue weighted by atomic mass is 9.96. The van der Waals surface area contributed by atoms with Crippen LogP contribution in [-0.2, 0) is 0 Å². The third kappa shape index (κ3) is 2.12. The van der Waals surface area contributed by atoms with Gasteiger partial charge in [0.25, 0.3) is 0 Å². The Hall–Kier alpha value is -1.57. The highest BCUT2D eigenvalue weighted by Crippen LogP contribution is 2.25. The van der Waals surface area contributed by atoms with Crippen molar-refractivity contribution in [3.8, 4) is 0 Å². The minimum Gasteiger partial charge on any atom is -0.453 e. The van der Waals surface area contributed by atoms with Gasteiger partial charge in [-0.2, -0.15) is 0 Å². The Labute approximate surface area is 102 Å². The van der Waals surface area contributed by atoms with Crippen LogP contribution in [0, 0.1) is 12.8 Å². The fourth-order valence-electron chi connectivity index (χ4n) is 2.19. The summed E-state index contributed by atoms with van der Waals surface area (Å²) in [6.07, 6.45) is 1.73. The van der Waals surface area contributed by atoms with Crippen LogP contribution < -0.4 is 0 Å². The molecule has 0 spiro atoms. The largest absolute Gasteiger partial charge is 0.453 e. The van der Waals surface area contributed by atoms with E-state index in [0.29, 0.717) is 5.76 Å². The summed E-state index contributed by atoms with van der Waals surface area (Å²) < 4.78 is 5.70. The topological polar surface area (TPSA) is 30.2 Å². The van der Waals surface area contributed by atoms with Gasteiger partial charge in [0, 0.05) is 11.3 Å². The molecule has 0 amide bonds. The number of carbonyl (C=O) groups is 1. The third-order valence-electron chi connectivity index (χ3n) is 3.34. The molecule has 0 atom stereocenters. The Kier molecular flexibility index (Phi) is 3.32. The van der Waals surface area contributed by atoms with Crippen LogP contribution in [0.2, 0.25) is 0 Å². The van der Waals surface area contributed by atoms with Gasteiger partial charge in [-0.25, -0.2) is 0 Å². The molecule has 0 bridgehead atoms. The van der Waals surface area contributed by atoms with Crippen molar-refractivity contribution in [2.75, 3.05) is 0 Å². The molecule has 2 nitrogen and oxygen atoms in total. The van der Waals surface area contributed by atoms with E-state index in [2.05, 4.69) is 0 Å². The zero-order valence-electron chi connectivity index (χ0n) is 10.6. The summed E-state index contributed by atoms with van der Waals surface area (Å²) in [5, 5.41) is 1.01. The van der Waals surface area contributed by atoms with Crippen molar-refractivity contribution in [1.82, 2.24) is 0 Å². The summed E-state index contributed by atoms with van der Waals surface area (Å²) in [5.74, 6) is 0.712.